The van der Waals surface area contributed by atoms with E-state index >= 15 is 0 Å². The Bertz CT molecular complexity index is 465. The summed E-state index contributed by atoms with van der Waals surface area (Å²) in [4.78, 5) is 12.1. The van der Waals surface area contributed by atoms with Crippen LogP contribution >= 0.6 is 0 Å². The van der Waals surface area contributed by atoms with Crippen LogP contribution in [0.5, 0.6) is 5.75 Å². The van der Waals surface area contributed by atoms with E-state index in [-0.39, 0.29) is 11.8 Å². The Balaban J connectivity index is 2.22. The zero-order chi connectivity index (χ0) is 13.1. The van der Waals surface area contributed by atoms with Crippen molar-refractivity contribution < 1.29 is 9.53 Å². The van der Waals surface area contributed by atoms with Crippen LogP contribution in [0.2, 0.25) is 0 Å². The van der Waals surface area contributed by atoms with Gasteiger partial charge < -0.3 is 4.74 Å². The van der Waals surface area contributed by atoms with Crippen molar-refractivity contribution in [2.24, 2.45) is 11.0 Å². The number of amides is 1. The number of anilines is 1. The predicted octanol–water partition coefficient (Wildman–Crippen LogP) is 2.83. The maximum Gasteiger partial charge on any atom is 0.255 e. The van der Waals surface area contributed by atoms with Crippen LogP contribution < -0.4 is 9.75 Å². The highest BCUT2D eigenvalue weighted by molar-refractivity contribution is 6.15. The number of hydrazone groups is 1. The van der Waals surface area contributed by atoms with E-state index in [2.05, 4.69) is 5.10 Å². The number of benzene rings is 1. The minimum atomic E-state index is -0.110. The molecule has 0 radical (unpaired) electrons. The number of nitrogens with zero attached hydrogens (tertiary/aromatic N) is 2. The molecule has 0 bridgehead atoms. The van der Waals surface area contributed by atoms with Gasteiger partial charge in [-0.2, -0.15) is 5.10 Å². The molecule has 0 aromatic heterocycles. The summed E-state index contributed by atoms with van der Waals surface area (Å²) in [6.07, 6.45) is 0.806. The lowest BCUT2D eigenvalue weighted by Crippen LogP contribution is -2.25. The van der Waals surface area contributed by atoms with Crippen molar-refractivity contribution in [3.05, 3.63) is 24.3 Å². The smallest absolute Gasteiger partial charge is 0.255 e. The zero-order valence-electron chi connectivity index (χ0n) is 11.0. The van der Waals surface area contributed by atoms with Crippen molar-refractivity contribution in [2.75, 3.05) is 11.6 Å². The summed E-state index contributed by atoms with van der Waals surface area (Å²) >= 11 is 0. The molecule has 1 amide bonds. The number of rotatable bonds is 4. The lowest BCUT2D eigenvalue weighted by Gasteiger charge is -2.13. The minimum Gasteiger partial charge on any atom is -0.494 e. The quantitative estimate of drug-likeness (QED) is 0.819. The van der Waals surface area contributed by atoms with Gasteiger partial charge in [-0.1, -0.05) is 6.92 Å². The maximum atomic E-state index is 12.1. The number of carbonyl (C=O) groups excluding carboxylic acids is 1. The molecule has 4 nitrogen and oxygen atoms in total. The Morgan fingerprint density at radius 3 is 2.44 bits per heavy atom. The van der Waals surface area contributed by atoms with Gasteiger partial charge in [0, 0.05) is 0 Å². The molecular weight excluding hydrogens is 228 g/mol. The highest BCUT2D eigenvalue weighted by Crippen LogP contribution is 2.26. The molecule has 0 saturated carbocycles. The number of hydrogen-bond donors (Lipinski definition) is 0. The molecular formula is C14H18N2O2. The van der Waals surface area contributed by atoms with Crippen LogP contribution in [0.4, 0.5) is 5.69 Å². The van der Waals surface area contributed by atoms with Gasteiger partial charge in [0.25, 0.3) is 5.91 Å². The number of ether oxygens (including phenoxy) is 1. The fourth-order valence-electron chi connectivity index (χ4n) is 2.00. The second-order valence-electron chi connectivity index (χ2n) is 4.24. The highest BCUT2D eigenvalue weighted by Gasteiger charge is 2.31. The fraction of sp³-hybridized carbons (Fsp3) is 0.429. The van der Waals surface area contributed by atoms with Gasteiger partial charge >= 0.3 is 0 Å². The molecule has 1 heterocycles. The lowest BCUT2D eigenvalue weighted by molar-refractivity contribution is -0.119. The highest BCUT2D eigenvalue weighted by atomic mass is 16.5. The lowest BCUT2D eigenvalue weighted by atomic mass is 10.0. The molecule has 96 valence electrons. The number of hydrogen-bond acceptors (Lipinski definition) is 3. The molecule has 1 aromatic carbocycles. The van der Waals surface area contributed by atoms with Crippen LogP contribution in [0.3, 0.4) is 0 Å². The van der Waals surface area contributed by atoms with Crippen LogP contribution in [0, 0.1) is 5.92 Å². The van der Waals surface area contributed by atoms with Gasteiger partial charge in [0.15, 0.2) is 0 Å². The summed E-state index contributed by atoms with van der Waals surface area (Å²) in [7, 11) is 0. The van der Waals surface area contributed by atoms with E-state index in [1.807, 2.05) is 45.0 Å². The van der Waals surface area contributed by atoms with Crippen LogP contribution in [-0.4, -0.2) is 18.2 Å². The van der Waals surface area contributed by atoms with Crippen LogP contribution in [0.25, 0.3) is 0 Å². The van der Waals surface area contributed by atoms with Crippen molar-refractivity contribution in [1.82, 2.24) is 0 Å². The molecule has 1 aliphatic heterocycles. The van der Waals surface area contributed by atoms with E-state index in [1.54, 1.807) is 0 Å². The first-order chi connectivity index (χ1) is 8.67. The maximum absolute atomic E-state index is 12.1. The molecule has 4 heteroatoms. The summed E-state index contributed by atoms with van der Waals surface area (Å²) in [5, 5.41) is 5.86. The second-order valence-corrected chi connectivity index (χ2v) is 4.24. The zero-order valence-corrected chi connectivity index (χ0v) is 11.0. The predicted molar refractivity (Wildman–Crippen MR) is 72.0 cm³/mol. The molecule has 0 saturated heterocycles. The van der Waals surface area contributed by atoms with Crippen LogP contribution in [0.1, 0.15) is 27.2 Å². The summed E-state index contributed by atoms with van der Waals surface area (Å²) in [5.41, 5.74) is 1.73. The van der Waals surface area contributed by atoms with E-state index in [0.29, 0.717) is 6.61 Å². The van der Waals surface area contributed by atoms with Crippen molar-refractivity contribution in [1.29, 1.82) is 0 Å². The Morgan fingerprint density at radius 2 is 1.94 bits per heavy atom. The topological polar surface area (TPSA) is 41.9 Å². The van der Waals surface area contributed by atoms with Gasteiger partial charge in [-0.3, -0.25) is 4.79 Å². The third kappa shape index (κ3) is 2.23. The summed E-state index contributed by atoms with van der Waals surface area (Å²) < 4.78 is 5.37. The minimum absolute atomic E-state index is 0.0380. The first kappa shape index (κ1) is 12.6. The van der Waals surface area contributed by atoms with E-state index < -0.39 is 0 Å². The second kappa shape index (κ2) is 5.21. The molecule has 1 atom stereocenters. The van der Waals surface area contributed by atoms with Gasteiger partial charge in [-0.05, 0) is 44.5 Å². The third-order valence-corrected chi connectivity index (χ3v) is 3.06. The molecule has 0 aliphatic carbocycles. The Hall–Kier alpha value is -1.84. The molecule has 1 aromatic rings. The van der Waals surface area contributed by atoms with E-state index in [4.69, 9.17) is 4.74 Å². The van der Waals surface area contributed by atoms with Crippen molar-refractivity contribution in [2.45, 2.75) is 27.2 Å². The van der Waals surface area contributed by atoms with Crippen molar-refractivity contribution in [3.8, 4) is 5.75 Å². The largest absolute Gasteiger partial charge is 0.494 e. The normalized spacial score (nSPS) is 19.1. The Kier molecular flexibility index (Phi) is 3.65. The third-order valence-electron chi connectivity index (χ3n) is 3.06. The summed E-state index contributed by atoms with van der Waals surface area (Å²) in [6, 6.07) is 7.43. The Morgan fingerprint density at radius 1 is 1.28 bits per heavy atom. The summed E-state index contributed by atoms with van der Waals surface area (Å²) in [5.74, 6) is 0.734. The average molecular weight is 246 g/mol. The SMILES string of the molecule is CCOc1ccc(N2N=C(CC)C(C)C2=O)cc1. The van der Waals surface area contributed by atoms with Gasteiger partial charge in [0.05, 0.1) is 23.9 Å². The van der Waals surface area contributed by atoms with Gasteiger partial charge in [0.2, 0.25) is 0 Å². The number of carbonyl (C=O) groups is 1. The van der Waals surface area contributed by atoms with Gasteiger partial charge in [0.1, 0.15) is 5.75 Å². The molecule has 0 spiro atoms. The van der Waals surface area contributed by atoms with E-state index in [1.165, 1.54) is 5.01 Å². The molecule has 0 N–H and O–H groups in total. The van der Waals surface area contributed by atoms with Crippen LogP contribution in [0.15, 0.2) is 29.4 Å². The van der Waals surface area contributed by atoms with Crippen molar-refractivity contribution in [3.63, 3.8) is 0 Å². The monoisotopic (exact) mass is 246 g/mol. The molecule has 2 rings (SSSR count). The van der Waals surface area contributed by atoms with Gasteiger partial charge in [-0.25, -0.2) is 5.01 Å². The molecule has 1 unspecified atom stereocenters. The first-order valence-corrected chi connectivity index (χ1v) is 6.31. The molecule has 0 fully saturated rings. The fourth-order valence-corrected chi connectivity index (χ4v) is 2.00. The van der Waals surface area contributed by atoms with Crippen molar-refractivity contribution >= 4 is 17.3 Å². The summed E-state index contributed by atoms with van der Waals surface area (Å²) in [6.45, 7) is 6.50. The van der Waals surface area contributed by atoms with E-state index in [0.717, 1.165) is 23.6 Å². The van der Waals surface area contributed by atoms with E-state index in [9.17, 15) is 4.79 Å². The van der Waals surface area contributed by atoms with Crippen LogP contribution in [-0.2, 0) is 4.79 Å². The average Bonchev–Trinajstić information content (AvgIpc) is 2.68. The molecule has 18 heavy (non-hydrogen) atoms. The Labute approximate surface area is 107 Å². The standard InChI is InChI=1S/C14H18N2O2/c1-4-13-10(3)14(17)16(15-13)11-6-8-12(9-7-11)18-5-2/h6-10H,4-5H2,1-3H3. The molecule has 1 aliphatic rings. The first-order valence-electron chi connectivity index (χ1n) is 6.31. The van der Waals surface area contributed by atoms with Gasteiger partial charge in [-0.15, -0.1) is 0 Å².